The highest BCUT2D eigenvalue weighted by Gasteiger charge is 2.47. The van der Waals surface area contributed by atoms with Gasteiger partial charge in [0.15, 0.2) is 0 Å². The second-order valence-electron chi connectivity index (χ2n) is 16.1. The Labute approximate surface area is 337 Å². The fourth-order valence-electron chi connectivity index (χ4n) is 7.46. The molecular formula is C51H54N2O4. The van der Waals surface area contributed by atoms with Gasteiger partial charge in [-0.2, -0.15) is 0 Å². The molecule has 6 heteroatoms. The maximum Gasteiger partial charge on any atom is 0.235 e. The summed E-state index contributed by atoms with van der Waals surface area (Å²) in [5.41, 5.74) is 3.43. The van der Waals surface area contributed by atoms with E-state index in [0.717, 1.165) is 33.4 Å². The maximum atomic E-state index is 14.8. The summed E-state index contributed by atoms with van der Waals surface area (Å²) in [7, 11) is 0. The van der Waals surface area contributed by atoms with E-state index in [4.69, 9.17) is 0 Å². The molecule has 0 fully saturated rings. The van der Waals surface area contributed by atoms with Gasteiger partial charge in [0.05, 0.1) is 12.1 Å². The van der Waals surface area contributed by atoms with E-state index >= 15 is 0 Å². The first-order chi connectivity index (χ1) is 27.2. The minimum absolute atomic E-state index is 0.278. The largest absolute Gasteiger partial charge is 0.378 e. The lowest BCUT2D eigenvalue weighted by Crippen LogP contribution is -2.60. The number of rotatable bonds is 14. The van der Waals surface area contributed by atoms with Crippen LogP contribution in [0, 0.1) is 33.1 Å². The van der Waals surface area contributed by atoms with Gasteiger partial charge < -0.3 is 20.8 Å². The molecule has 0 radical (unpaired) electrons. The lowest BCUT2D eigenvalue weighted by atomic mass is 9.76. The predicted octanol–water partition coefficient (Wildman–Crippen LogP) is 8.57. The van der Waals surface area contributed by atoms with E-state index in [9.17, 15) is 19.8 Å². The third kappa shape index (κ3) is 8.93. The van der Waals surface area contributed by atoms with Gasteiger partial charge in [0.1, 0.15) is 16.6 Å². The molecule has 0 aliphatic carbocycles. The highest BCUT2D eigenvalue weighted by molar-refractivity contribution is 6.04. The molecule has 0 aromatic heterocycles. The first-order valence-electron chi connectivity index (χ1n) is 19.6. The van der Waals surface area contributed by atoms with E-state index in [1.807, 2.05) is 185 Å². The van der Waals surface area contributed by atoms with Gasteiger partial charge in [-0.3, -0.25) is 9.59 Å². The zero-order valence-corrected chi connectivity index (χ0v) is 33.8. The van der Waals surface area contributed by atoms with E-state index in [1.165, 1.54) is 0 Å². The topological polar surface area (TPSA) is 98.7 Å². The minimum atomic E-state index is -1.67. The Bertz CT molecular complexity index is 2000. The van der Waals surface area contributed by atoms with Crippen molar-refractivity contribution in [3.05, 3.63) is 213 Å². The van der Waals surface area contributed by atoms with E-state index < -0.39 is 40.5 Å². The summed E-state index contributed by atoms with van der Waals surface area (Å²) in [5.74, 6) is -1.13. The number of aliphatic hydroxyl groups is 2. The fraction of sp³-hybridized carbons (Fsp3) is 0.255. The number of aryl methyl sites for hydroxylation is 4. The number of nitrogens with one attached hydrogen (secondary N) is 2. The SMILES string of the molecule is Cc1ccc(C(O)(c2ccc(C)cc2)[C@@H](Cc2ccccc2)NC(=O)C(C)(C)C(=O)N[C@H](Cc2ccccc2)C(O)(c2ccc(C)cc2)c2ccc(C)cc2)cc1. The van der Waals surface area contributed by atoms with Crippen LogP contribution < -0.4 is 10.6 Å². The molecule has 0 aliphatic rings. The lowest BCUT2D eigenvalue weighted by molar-refractivity contribution is -0.144. The Balaban J connectivity index is 1.40. The van der Waals surface area contributed by atoms with Crippen LogP contribution in [-0.4, -0.2) is 34.1 Å². The van der Waals surface area contributed by atoms with E-state index in [1.54, 1.807) is 13.8 Å². The summed E-state index contributed by atoms with van der Waals surface area (Å²) in [6, 6.07) is 48.4. The molecule has 6 aromatic rings. The average molecular weight is 759 g/mol. The Kier molecular flexibility index (Phi) is 12.3. The predicted molar refractivity (Wildman–Crippen MR) is 229 cm³/mol. The van der Waals surface area contributed by atoms with Gasteiger partial charge in [0, 0.05) is 0 Å². The first-order valence-corrected chi connectivity index (χ1v) is 19.6. The highest BCUT2D eigenvalue weighted by Crippen LogP contribution is 2.38. The number of benzene rings is 6. The monoisotopic (exact) mass is 758 g/mol. The molecule has 0 unspecified atom stereocenters. The molecule has 6 aromatic carbocycles. The Morgan fingerprint density at radius 1 is 0.439 bits per heavy atom. The molecular weight excluding hydrogens is 705 g/mol. The van der Waals surface area contributed by atoms with E-state index in [0.29, 0.717) is 22.3 Å². The standard InChI is InChI=1S/C51H54N2O4/c1-35-17-25-41(26-18-35)50(56,42-27-19-36(2)20-28-42)45(33-39-13-9-7-10-14-39)52-47(54)49(5,6)48(55)53-46(34-40-15-11-8-12-16-40)51(57,43-29-21-37(3)22-30-43)44-31-23-38(4)24-32-44/h7-32,45-46,56-57H,33-34H2,1-6H3,(H,52,54)(H,53,55)/t45-,46-/m1/s1. The number of hydrogen-bond donors (Lipinski definition) is 4. The van der Waals surface area contributed by atoms with Gasteiger partial charge in [-0.05, 0) is 87.8 Å². The van der Waals surface area contributed by atoms with E-state index in [-0.39, 0.29) is 12.8 Å². The molecule has 0 saturated carbocycles. The maximum absolute atomic E-state index is 14.8. The molecule has 0 saturated heterocycles. The van der Waals surface area contributed by atoms with Crippen molar-refractivity contribution in [1.29, 1.82) is 0 Å². The molecule has 57 heavy (non-hydrogen) atoms. The molecule has 0 spiro atoms. The first kappa shape index (κ1) is 40.8. The van der Waals surface area contributed by atoms with Crippen molar-refractivity contribution in [3.63, 3.8) is 0 Å². The van der Waals surface area contributed by atoms with Gasteiger partial charge >= 0.3 is 0 Å². The third-order valence-corrected chi connectivity index (χ3v) is 11.3. The number of carbonyl (C=O) groups excluding carboxylic acids is 2. The molecule has 2 amide bonds. The molecule has 292 valence electrons. The van der Waals surface area contributed by atoms with Crippen molar-refractivity contribution in [2.75, 3.05) is 0 Å². The van der Waals surface area contributed by atoms with Crippen LogP contribution in [0.5, 0.6) is 0 Å². The fourth-order valence-corrected chi connectivity index (χ4v) is 7.46. The summed E-state index contributed by atoms with van der Waals surface area (Å²) in [4.78, 5) is 29.6. The number of hydrogen-bond acceptors (Lipinski definition) is 4. The molecule has 0 bridgehead atoms. The zero-order chi connectivity index (χ0) is 40.8. The van der Waals surface area contributed by atoms with Crippen LogP contribution in [0.25, 0.3) is 0 Å². The van der Waals surface area contributed by atoms with Crippen LogP contribution in [0.2, 0.25) is 0 Å². The van der Waals surface area contributed by atoms with Crippen molar-refractivity contribution >= 4 is 11.8 Å². The van der Waals surface area contributed by atoms with Gasteiger partial charge in [-0.1, -0.05) is 180 Å². The van der Waals surface area contributed by atoms with Gasteiger partial charge in [-0.15, -0.1) is 0 Å². The zero-order valence-electron chi connectivity index (χ0n) is 33.8. The summed E-state index contributed by atoms with van der Waals surface area (Å²) in [6.07, 6.45) is 0.555. The van der Waals surface area contributed by atoms with Crippen molar-refractivity contribution in [2.24, 2.45) is 5.41 Å². The van der Waals surface area contributed by atoms with Crippen molar-refractivity contribution in [2.45, 2.75) is 77.7 Å². The number of amides is 2. The number of carbonyl (C=O) groups is 2. The smallest absolute Gasteiger partial charge is 0.235 e. The Hall–Kier alpha value is -5.82. The van der Waals surface area contributed by atoms with Crippen LogP contribution in [0.3, 0.4) is 0 Å². The van der Waals surface area contributed by atoms with Crippen LogP contribution in [0.1, 0.15) is 69.5 Å². The van der Waals surface area contributed by atoms with E-state index in [2.05, 4.69) is 10.6 Å². The van der Waals surface area contributed by atoms with Crippen LogP contribution >= 0.6 is 0 Å². The van der Waals surface area contributed by atoms with Crippen molar-refractivity contribution < 1.29 is 19.8 Å². The third-order valence-electron chi connectivity index (χ3n) is 11.3. The van der Waals surface area contributed by atoms with Crippen LogP contribution in [-0.2, 0) is 33.6 Å². The highest BCUT2D eigenvalue weighted by atomic mass is 16.3. The minimum Gasteiger partial charge on any atom is -0.378 e. The second kappa shape index (κ2) is 17.1. The Morgan fingerprint density at radius 2 is 0.684 bits per heavy atom. The molecule has 6 rings (SSSR count). The summed E-state index contributed by atoms with van der Waals surface area (Å²) in [6.45, 7) is 11.1. The lowest BCUT2D eigenvalue weighted by Gasteiger charge is -2.41. The quantitative estimate of drug-likeness (QED) is 0.0838. The van der Waals surface area contributed by atoms with Crippen LogP contribution in [0.4, 0.5) is 0 Å². The molecule has 6 nitrogen and oxygen atoms in total. The molecule has 0 aliphatic heterocycles. The normalized spacial score (nSPS) is 13.1. The van der Waals surface area contributed by atoms with Crippen LogP contribution in [0.15, 0.2) is 158 Å². The summed E-state index contributed by atoms with van der Waals surface area (Å²) < 4.78 is 0. The Morgan fingerprint density at radius 3 is 0.930 bits per heavy atom. The van der Waals surface area contributed by atoms with Gasteiger partial charge in [0.2, 0.25) is 11.8 Å². The average Bonchev–Trinajstić information content (AvgIpc) is 3.21. The van der Waals surface area contributed by atoms with Gasteiger partial charge in [-0.25, -0.2) is 0 Å². The summed E-state index contributed by atoms with van der Waals surface area (Å²) in [5, 5.41) is 32.5. The summed E-state index contributed by atoms with van der Waals surface area (Å²) >= 11 is 0. The van der Waals surface area contributed by atoms with Crippen molar-refractivity contribution in [1.82, 2.24) is 10.6 Å². The molecule has 4 N–H and O–H groups in total. The molecule has 0 heterocycles. The molecule has 2 atom stereocenters. The van der Waals surface area contributed by atoms with Gasteiger partial charge in [0.25, 0.3) is 0 Å². The second-order valence-corrected chi connectivity index (χ2v) is 16.1. The van der Waals surface area contributed by atoms with Crippen molar-refractivity contribution in [3.8, 4) is 0 Å².